The van der Waals surface area contributed by atoms with Crippen molar-refractivity contribution in [1.82, 2.24) is 5.32 Å². The van der Waals surface area contributed by atoms with Crippen LogP contribution in [0.5, 0.6) is 11.5 Å². The molecule has 0 aromatic heterocycles. The third-order valence-corrected chi connectivity index (χ3v) is 2.18. The Morgan fingerprint density at radius 1 is 1.41 bits per heavy atom. The van der Waals surface area contributed by atoms with Crippen molar-refractivity contribution in [3.63, 3.8) is 0 Å². The summed E-state index contributed by atoms with van der Waals surface area (Å²) in [5, 5.41) is 21.0. The van der Waals surface area contributed by atoms with Gasteiger partial charge in [0.2, 0.25) is 5.91 Å². The van der Waals surface area contributed by atoms with Crippen LogP contribution >= 0.6 is 12.4 Å². The van der Waals surface area contributed by atoms with Gasteiger partial charge in [0, 0.05) is 6.54 Å². The summed E-state index contributed by atoms with van der Waals surface area (Å²) in [6.45, 7) is 2.35. The normalized spacial score (nSPS) is 11.4. The van der Waals surface area contributed by atoms with Crippen molar-refractivity contribution in [2.45, 2.75) is 19.4 Å². The van der Waals surface area contributed by atoms with Gasteiger partial charge in [-0.15, -0.1) is 12.4 Å². The van der Waals surface area contributed by atoms with Crippen LogP contribution in [0.15, 0.2) is 18.2 Å². The summed E-state index contributed by atoms with van der Waals surface area (Å²) in [5.41, 5.74) is 6.37. The molecule has 0 saturated carbocycles. The molecule has 0 aliphatic carbocycles. The predicted octanol–water partition coefficient (Wildman–Crippen LogP) is 0.526. The predicted molar refractivity (Wildman–Crippen MR) is 67.4 cm³/mol. The summed E-state index contributed by atoms with van der Waals surface area (Å²) in [6, 6.07) is 3.74. The fourth-order valence-electron chi connectivity index (χ4n) is 1.35. The van der Waals surface area contributed by atoms with E-state index in [2.05, 4.69) is 5.32 Å². The molecule has 1 aromatic carbocycles. The topological polar surface area (TPSA) is 95.6 Å². The molecule has 5 N–H and O–H groups in total. The molecule has 1 rings (SSSR count). The van der Waals surface area contributed by atoms with Crippen molar-refractivity contribution < 1.29 is 15.0 Å². The van der Waals surface area contributed by atoms with E-state index in [0.717, 1.165) is 0 Å². The Labute approximate surface area is 106 Å². The van der Waals surface area contributed by atoms with Crippen LogP contribution in [0.1, 0.15) is 12.5 Å². The Kier molecular flexibility index (Phi) is 6.38. The van der Waals surface area contributed by atoms with Gasteiger partial charge in [-0.2, -0.15) is 0 Å². The number of amides is 1. The van der Waals surface area contributed by atoms with Crippen LogP contribution in [0.4, 0.5) is 0 Å². The molecule has 1 amide bonds. The molecule has 96 valence electrons. The third kappa shape index (κ3) is 4.50. The average Bonchev–Trinajstić information content (AvgIpc) is 2.24. The number of phenolic OH excluding ortho intramolecular Hbond substituents is 2. The zero-order valence-electron chi connectivity index (χ0n) is 9.51. The summed E-state index contributed by atoms with van der Waals surface area (Å²) in [4.78, 5) is 11.4. The molecule has 0 heterocycles. The van der Waals surface area contributed by atoms with Crippen molar-refractivity contribution in [3.8, 4) is 11.5 Å². The largest absolute Gasteiger partial charge is 0.504 e. The van der Waals surface area contributed by atoms with Gasteiger partial charge in [0.15, 0.2) is 11.5 Å². The number of nitrogens with two attached hydrogens (primary N) is 1. The lowest BCUT2D eigenvalue weighted by Crippen LogP contribution is -2.41. The van der Waals surface area contributed by atoms with Gasteiger partial charge in [-0.1, -0.05) is 6.07 Å². The summed E-state index contributed by atoms with van der Waals surface area (Å²) >= 11 is 0. The summed E-state index contributed by atoms with van der Waals surface area (Å²) in [7, 11) is 0. The first-order valence-electron chi connectivity index (χ1n) is 5.08. The van der Waals surface area contributed by atoms with Gasteiger partial charge in [-0.05, 0) is 31.0 Å². The molecule has 6 heteroatoms. The minimum Gasteiger partial charge on any atom is -0.504 e. The molecule has 17 heavy (non-hydrogen) atoms. The number of nitrogens with one attached hydrogen (secondary N) is 1. The maximum absolute atomic E-state index is 11.4. The highest BCUT2D eigenvalue weighted by Gasteiger charge is 2.13. The van der Waals surface area contributed by atoms with Crippen LogP contribution in [-0.4, -0.2) is 28.7 Å². The van der Waals surface area contributed by atoms with Crippen LogP contribution in [0.3, 0.4) is 0 Å². The first-order valence-corrected chi connectivity index (χ1v) is 5.08. The van der Waals surface area contributed by atoms with Crippen LogP contribution in [0, 0.1) is 0 Å². The smallest absolute Gasteiger partial charge is 0.237 e. The quantitative estimate of drug-likeness (QED) is 0.594. The number of halogens is 1. The number of likely N-dealkylation sites (N-methyl/N-ethyl adjacent to an activating group) is 1. The average molecular weight is 261 g/mol. The van der Waals surface area contributed by atoms with E-state index < -0.39 is 6.04 Å². The fourth-order valence-corrected chi connectivity index (χ4v) is 1.35. The first-order chi connectivity index (χ1) is 7.54. The molecule has 0 aliphatic rings. The zero-order chi connectivity index (χ0) is 12.1. The number of hydrogen-bond acceptors (Lipinski definition) is 4. The van der Waals surface area contributed by atoms with E-state index in [-0.39, 0.29) is 29.8 Å². The lowest BCUT2D eigenvalue weighted by molar-refractivity contribution is -0.122. The molecule has 0 fully saturated rings. The van der Waals surface area contributed by atoms with Gasteiger partial charge < -0.3 is 21.3 Å². The van der Waals surface area contributed by atoms with E-state index in [1.807, 2.05) is 6.92 Å². The van der Waals surface area contributed by atoms with Crippen molar-refractivity contribution >= 4 is 18.3 Å². The van der Waals surface area contributed by atoms with E-state index in [9.17, 15) is 9.90 Å². The van der Waals surface area contributed by atoms with Crippen molar-refractivity contribution in [2.75, 3.05) is 6.54 Å². The van der Waals surface area contributed by atoms with Gasteiger partial charge in [0.1, 0.15) is 0 Å². The summed E-state index contributed by atoms with van der Waals surface area (Å²) < 4.78 is 0. The van der Waals surface area contributed by atoms with Crippen LogP contribution in [-0.2, 0) is 11.2 Å². The molecule has 5 nitrogen and oxygen atoms in total. The van der Waals surface area contributed by atoms with Gasteiger partial charge in [-0.25, -0.2) is 0 Å². The number of benzene rings is 1. The monoisotopic (exact) mass is 260 g/mol. The van der Waals surface area contributed by atoms with Crippen LogP contribution < -0.4 is 11.1 Å². The van der Waals surface area contributed by atoms with Crippen molar-refractivity contribution in [2.24, 2.45) is 5.73 Å². The molecule has 0 bridgehead atoms. The standard InChI is InChI=1S/C11H16N2O3.ClH/c1-2-13-11(16)8(12)5-7-3-4-9(14)10(15)6-7;/h3-4,6,8,14-15H,2,5,12H2,1H3,(H,13,16);1H/t8-;/m0./s1. The summed E-state index contributed by atoms with van der Waals surface area (Å²) in [5.74, 6) is -0.619. The van der Waals surface area contributed by atoms with Gasteiger partial charge >= 0.3 is 0 Å². The van der Waals surface area contributed by atoms with Crippen LogP contribution in [0.25, 0.3) is 0 Å². The highest BCUT2D eigenvalue weighted by molar-refractivity contribution is 5.85. The van der Waals surface area contributed by atoms with Gasteiger partial charge in [-0.3, -0.25) is 4.79 Å². The SMILES string of the molecule is CCNC(=O)[C@@H](N)Cc1ccc(O)c(O)c1.Cl. The second-order valence-electron chi connectivity index (χ2n) is 3.53. The Balaban J connectivity index is 0.00000256. The molecule has 0 spiro atoms. The Hall–Kier alpha value is -1.46. The Bertz CT molecular complexity index is 385. The fraction of sp³-hybridized carbons (Fsp3) is 0.364. The third-order valence-electron chi connectivity index (χ3n) is 2.18. The second kappa shape index (κ2) is 6.98. The molecule has 1 aromatic rings. The number of hydrogen-bond donors (Lipinski definition) is 4. The van der Waals surface area contributed by atoms with E-state index >= 15 is 0 Å². The number of phenols is 2. The van der Waals surface area contributed by atoms with E-state index in [1.54, 1.807) is 6.07 Å². The van der Waals surface area contributed by atoms with Gasteiger partial charge in [0.05, 0.1) is 6.04 Å². The lowest BCUT2D eigenvalue weighted by atomic mass is 10.1. The minimum atomic E-state index is -0.649. The molecular weight excluding hydrogens is 244 g/mol. The number of aromatic hydroxyl groups is 2. The Morgan fingerprint density at radius 3 is 2.59 bits per heavy atom. The van der Waals surface area contributed by atoms with Crippen molar-refractivity contribution in [3.05, 3.63) is 23.8 Å². The molecule has 0 radical (unpaired) electrons. The number of rotatable bonds is 4. The maximum atomic E-state index is 11.4. The molecular formula is C11H17ClN2O3. The summed E-state index contributed by atoms with van der Waals surface area (Å²) in [6.07, 6.45) is 0.319. The maximum Gasteiger partial charge on any atom is 0.237 e. The molecule has 0 saturated heterocycles. The molecule has 1 atom stereocenters. The molecule has 0 aliphatic heterocycles. The second-order valence-corrected chi connectivity index (χ2v) is 3.53. The van der Waals surface area contributed by atoms with Gasteiger partial charge in [0.25, 0.3) is 0 Å². The zero-order valence-corrected chi connectivity index (χ0v) is 10.3. The highest BCUT2D eigenvalue weighted by atomic mass is 35.5. The minimum absolute atomic E-state index is 0. The lowest BCUT2D eigenvalue weighted by Gasteiger charge is -2.11. The highest BCUT2D eigenvalue weighted by Crippen LogP contribution is 2.25. The van der Waals surface area contributed by atoms with E-state index in [1.165, 1.54) is 12.1 Å². The van der Waals surface area contributed by atoms with E-state index in [0.29, 0.717) is 18.5 Å². The Morgan fingerprint density at radius 2 is 2.06 bits per heavy atom. The van der Waals surface area contributed by atoms with Crippen molar-refractivity contribution in [1.29, 1.82) is 0 Å². The number of carbonyl (C=O) groups excluding carboxylic acids is 1. The number of carbonyl (C=O) groups is 1. The molecule has 0 unspecified atom stereocenters. The van der Waals surface area contributed by atoms with Crippen LogP contribution in [0.2, 0.25) is 0 Å². The van der Waals surface area contributed by atoms with E-state index in [4.69, 9.17) is 10.8 Å². The first kappa shape index (κ1) is 15.5.